The second-order valence-electron chi connectivity index (χ2n) is 11.7. The van der Waals surface area contributed by atoms with E-state index in [1.807, 2.05) is 14.1 Å². The smallest absolute Gasteiger partial charge is 0.160 e. The average molecular weight is 563 g/mol. The minimum Gasteiger partial charge on any atom is -0.378 e. The van der Waals surface area contributed by atoms with Gasteiger partial charge in [0, 0.05) is 97.6 Å². The molecule has 0 aliphatic rings. The maximum absolute atomic E-state index is 5.36. The summed E-state index contributed by atoms with van der Waals surface area (Å²) in [7, 11) is 12.3. The zero-order chi connectivity index (χ0) is 29.8. The van der Waals surface area contributed by atoms with Crippen LogP contribution >= 0.6 is 0 Å². The molecule has 0 N–H and O–H groups in total. The predicted molar refractivity (Wildman–Crippen MR) is 183 cm³/mol. The van der Waals surface area contributed by atoms with Gasteiger partial charge in [-0.15, -0.1) is 0 Å². The van der Waals surface area contributed by atoms with E-state index in [-0.39, 0.29) is 0 Å². The highest BCUT2D eigenvalue weighted by molar-refractivity contribution is 6.26. The Morgan fingerprint density at radius 3 is 1.12 bits per heavy atom. The van der Waals surface area contributed by atoms with Crippen LogP contribution in [0, 0.1) is 0 Å². The topological polar surface area (TPSA) is 48.4 Å². The van der Waals surface area contributed by atoms with Crippen LogP contribution in [0.4, 0.5) is 17.1 Å². The molecule has 5 aromatic carbocycles. The first-order chi connectivity index (χ1) is 20.8. The van der Waals surface area contributed by atoms with Gasteiger partial charge in [-0.1, -0.05) is 24.3 Å². The van der Waals surface area contributed by atoms with Crippen LogP contribution in [0.5, 0.6) is 0 Å². The van der Waals surface area contributed by atoms with Crippen LogP contribution < -0.4 is 14.7 Å². The molecule has 212 valence electrons. The minimum absolute atomic E-state index is 0.730. The zero-order valence-electron chi connectivity index (χ0n) is 25.4. The Balaban J connectivity index is 1.49. The van der Waals surface area contributed by atoms with E-state index in [1.54, 1.807) is 0 Å². The van der Waals surface area contributed by atoms with Crippen LogP contribution in [0.25, 0.3) is 66.5 Å². The molecule has 0 unspecified atom stereocenters. The highest BCUT2D eigenvalue weighted by Gasteiger charge is 2.20. The SMILES string of the molecule is CN(C)c1ccc(-c2nc3ccc4c(-c5ccc(N(C)C)cc5)nc(-c5ccc(N(C)C)cc5)c5ccc(n2)c3c45)cc1. The van der Waals surface area contributed by atoms with E-state index in [0.29, 0.717) is 0 Å². The highest BCUT2D eigenvalue weighted by atomic mass is 15.1. The summed E-state index contributed by atoms with van der Waals surface area (Å²) < 4.78 is 0. The van der Waals surface area contributed by atoms with Crippen LogP contribution in [0.2, 0.25) is 0 Å². The number of pyridine rings is 1. The molecule has 0 aliphatic heterocycles. The summed E-state index contributed by atoms with van der Waals surface area (Å²) in [4.78, 5) is 21.8. The van der Waals surface area contributed by atoms with Crippen LogP contribution in [0.1, 0.15) is 0 Å². The molecule has 0 amide bonds. The molecule has 6 heteroatoms. The van der Waals surface area contributed by atoms with Gasteiger partial charge in [-0.3, -0.25) is 0 Å². The summed E-state index contributed by atoms with van der Waals surface area (Å²) in [5, 5.41) is 4.43. The molecule has 2 heterocycles. The van der Waals surface area contributed by atoms with Crippen molar-refractivity contribution in [2.75, 3.05) is 57.0 Å². The molecular formula is C37H34N6. The van der Waals surface area contributed by atoms with Crippen molar-refractivity contribution in [3.63, 3.8) is 0 Å². The zero-order valence-corrected chi connectivity index (χ0v) is 25.4. The molecule has 0 saturated heterocycles. The van der Waals surface area contributed by atoms with E-state index >= 15 is 0 Å². The van der Waals surface area contributed by atoms with E-state index in [1.165, 1.54) is 0 Å². The summed E-state index contributed by atoms with van der Waals surface area (Å²) in [5.74, 6) is 0.730. The number of benzene rings is 5. The fourth-order valence-corrected chi connectivity index (χ4v) is 5.84. The van der Waals surface area contributed by atoms with Gasteiger partial charge in [0.15, 0.2) is 5.82 Å². The largest absolute Gasteiger partial charge is 0.378 e. The van der Waals surface area contributed by atoms with Crippen molar-refractivity contribution in [3.05, 3.63) is 97.1 Å². The molecule has 0 aliphatic carbocycles. The first-order valence-electron chi connectivity index (χ1n) is 14.5. The highest BCUT2D eigenvalue weighted by Crippen LogP contribution is 2.42. The molecular weight excluding hydrogens is 528 g/mol. The van der Waals surface area contributed by atoms with Crippen LogP contribution in [-0.2, 0) is 0 Å². The summed E-state index contributed by atoms with van der Waals surface area (Å²) in [6, 6.07) is 34.3. The average Bonchev–Trinajstić information content (AvgIpc) is 3.03. The standard InChI is InChI=1S/C37H34N6/c1-41(2)26-13-7-23(8-14-26)35-29-19-21-31-34-32(39-37(38-31)25-11-17-28(18-12-25)43(5)6)22-20-30(33(29)34)36(40-35)24-9-15-27(16-10-24)42(3)4/h7-22H,1-6H3. The van der Waals surface area contributed by atoms with Gasteiger partial charge >= 0.3 is 0 Å². The Morgan fingerprint density at radius 1 is 0.372 bits per heavy atom. The number of aromatic nitrogens is 3. The third kappa shape index (κ3) is 4.56. The van der Waals surface area contributed by atoms with Gasteiger partial charge in [-0.2, -0.15) is 0 Å². The van der Waals surface area contributed by atoms with Crippen LogP contribution in [0.3, 0.4) is 0 Å². The Bertz CT molecular complexity index is 1960. The fraction of sp³-hybridized carbons (Fsp3) is 0.162. The number of anilines is 3. The van der Waals surface area contributed by atoms with Gasteiger partial charge < -0.3 is 14.7 Å². The summed E-state index contributed by atoms with van der Waals surface area (Å²) in [6.45, 7) is 0. The molecule has 6 nitrogen and oxygen atoms in total. The van der Waals surface area contributed by atoms with Gasteiger partial charge in [0.2, 0.25) is 0 Å². The molecule has 0 saturated carbocycles. The number of hydrogen-bond donors (Lipinski definition) is 0. The Labute approximate surface area is 252 Å². The van der Waals surface area contributed by atoms with Crippen molar-refractivity contribution in [2.24, 2.45) is 0 Å². The van der Waals surface area contributed by atoms with Gasteiger partial charge in [-0.25, -0.2) is 15.0 Å². The first-order valence-corrected chi connectivity index (χ1v) is 14.5. The lowest BCUT2D eigenvalue weighted by atomic mass is 9.92. The van der Waals surface area contributed by atoms with Gasteiger partial charge in [0.1, 0.15) is 0 Å². The Hall–Kier alpha value is -5.23. The van der Waals surface area contributed by atoms with E-state index in [4.69, 9.17) is 15.0 Å². The lowest BCUT2D eigenvalue weighted by Crippen LogP contribution is -2.08. The van der Waals surface area contributed by atoms with Gasteiger partial charge in [0.05, 0.1) is 22.4 Å². The number of hydrogen-bond acceptors (Lipinski definition) is 6. The molecule has 0 radical (unpaired) electrons. The number of nitrogens with zero attached hydrogens (tertiary/aromatic N) is 6. The first kappa shape index (κ1) is 26.7. The van der Waals surface area contributed by atoms with E-state index in [0.717, 1.165) is 83.5 Å². The molecule has 0 fully saturated rings. The van der Waals surface area contributed by atoms with Gasteiger partial charge in [0.25, 0.3) is 0 Å². The van der Waals surface area contributed by atoms with Crippen molar-refractivity contribution in [1.29, 1.82) is 0 Å². The van der Waals surface area contributed by atoms with Crippen LogP contribution in [0.15, 0.2) is 97.1 Å². The van der Waals surface area contributed by atoms with Crippen molar-refractivity contribution >= 4 is 49.6 Å². The van der Waals surface area contributed by atoms with Crippen molar-refractivity contribution in [3.8, 4) is 33.9 Å². The maximum atomic E-state index is 5.36. The molecule has 2 aromatic heterocycles. The lowest BCUT2D eigenvalue weighted by Gasteiger charge is -2.18. The van der Waals surface area contributed by atoms with E-state index < -0.39 is 0 Å². The summed E-state index contributed by atoms with van der Waals surface area (Å²) in [5.41, 5.74) is 10.4. The molecule has 7 aromatic rings. The number of rotatable bonds is 6. The minimum atomic E-state index is 0.730. The normalized spacial score (nSPS) is 11.5. The molecule has 0 bridgehead atoms. The lowest BCUT2D eigenvalue weighted by molar-refractivity contribution is 1.13. The third-order valence-corrected chi connectivity index (χ3v) is 8.26. The second kappa shape index (κ2) is 10.2. The van der Waals surface area contributed by atoms with Crippen molar-refractivity contribution < 1.29 is 0 Å². The van der Waals surface area contributed by atoms with E-state index in [2.05, 4.69) is 140 Å². The van der Waals surface area contributed by atoms with Gasteiger partial charge in [-0.05, 0) is 72.8 Å². The predicted octanol–water partition coefficient (Wildman–Crippen LogP) is 7.97. The summed E-state index contributed by atoms with van der Waals surface area (Å²) in [6.07, 6.45) is 0. The van der Waals surface area contributed by atoms with Crippen molar-refractivity contribution in [1.82, 2.24) is 15.0 Å². The third-order valence-electron chi connectivity index (χ3n) is 8.26. The summed E-state index contributed by atoms with van der Waals surface area (Å²) >= 11 is 0. The maximum Gasteiger partial charge on any atom is 0.160 e. The van der Waals surface area contributed by atoms with Crippen LogP contribution in [-0.4, -0.2) is 57.2 Å². The quantitative estimate of drug-likeness (QED) is 0.192. The monoisotopic (exact) mass is 562 g/mol. The molecule has 0 spiro atoms. The Morgan fingerprint density at radius 2 is 0.744 bits per heavy atom. The molecule has 0 atom stereocenters. The molecule has 7 rings (SSSR count). The van der Waals surface area contributed by atoms with E-state index in [9.17, 15) is 0 Å². The fourth-order valence-electron chi connectivity index (χ4n) is 5.84. The second-order valence-corrected chi connectivity index (χ2v) is 11.7. The molecule has 43 heavy (non-hydrogen) atoms. The Kier molecular flexibility index (Phi) is 6.35. The van der Waals surface area contributed by atoms with Crippen molar-refractivity contribution in [2.45, 2.75) is 0 Å².